The summed E-state index contributed by atoms with van der Waals surface area (Å²) in [6.45, 7) is 1.40. The molecule has 0 amide bonds. The number of ether oxygens (including phenoxy) is 1. The van der Waals surface area contributed by atoms with Crippen molar-refractivity contribution in [1.82, 2.24) is 4.57 Å². The molecule has 1 unspecified atom stereocenters. The van der Waals surface area contributed by atoms with Crippen molar-refractivity contribution in [1.29, 1.82) is 0 Å². The number of sulfonamides is 1. The fourth-order valence-corrected chi connectivity index (χ4v) is 3.55. The topological polar surface area (TPSA) is 74.3 Å². The molecular formula is C14H17FN2O3S. The van der Waals surface area contributed by atoms with Crippen molar-refractivity contribution in [2.24, 2.45) is 5.14 Å². The molecule has 21 heavy (non-hydrogen) atoms. The van der Waals surface area contributed by atoms with Crippen LogP contribution in [0.3, 0.4) is 0 Å². The number of primary sulfonamides is 1. The molecular weight excluding hydrogens is 295 g/mol. The lowest BCUT2D eigenvalue weighted by Crippen LogP contribution is -2.12. The van der Waals surface area contributed by atoms with E-state index in [9.17, 15) is 12.8 Å². The molecule has 0 bridgehead atoms. The molecule has 114 valence electrons. The zero-order chi connectivity index (χ0) is 15.0. The first-order valence-electron chi connectivity index (χ1n) is 6.88. The molecule has 1 aliphatic heterocycles. The van der Waals surface area contributed by atoms with Crippen LogP contribution in [0.25, 0.3) is 10.9 Å². The van der Waals surface area contributed by atoms with Crippen LogP contribution in [0.5, 0.6) is 0 Å². The number of rotatable bonds is 4. The summed E-state index contributed by atoms with van der Waals surface area (Å²) in [6.07, 6.45) is 4.57. The maximum atomic E-state index is 13.4. The van der Waals surface area contributed by atoms with Gasteiger partial charge in [0.05, 0.1) is 6.10 Å². The molecule has 0 aliphatic carbocycles. The molecule has 1 aromatic heterocycles. The third-order valence-electron chi connectivity index (χ3n) is 3.83. The first kappa shape index (κ1) is 14.5. The number of aromatic nitrogens is 1. The lowest BCUT2D eigenvalue weighted by Gasteiger charge is -2.10. The Labute approximate surface area is 122 Å². The standard InChI is InChI=1S/C14H17FN2O3S/c15-10-3-4-13-12(8-10)14(21(16,18)19)9-17(13)6-5-11-2-1-7-20-11/h3-4,8-9,11H,1-2,5-7H2,(H2,16,18,19). The summed E-state index contributed by atoms with van der Waals surface area (Å²) in [5, 5.41) is 5.54. The van der Waals surface area contributed by atoms with Crippen molar-refractivity contribution >= 4 is 20.9 Å². The second kappa shape index (κ2) is 5.40. The largest absolute Gasteiger partial charge is 0.378 e. The third-order valence-corrected chi connectivity index (χ3v) is 4.77. The Bertz CT molecular complexity index is 764. The third kappa shape index (κ3) is 2.95. The highest BCUT2D eigenvalue weighted by atomic mass is 32.2. The molecule has 7 heteroatoms. The van der Waals surface area contributed by atoms with Crippen LogP contribution in [0.2, 0.25) is 0 Å². The molecule has 1 aliphatic rings. The van der Waals surface area contributed by atoms with Gasteiger partial charge in [0.1, 0.15) is 10.7 Å². The van der Waals surface area contributed by atoms with Crippen LogP contribution < -0.4 is 5.14 Å². The summed E-state index contributed by atoms with van der Waals surface area (Å²) in [4.78, 5) is -0.0376. The van der Waals surface area contributed by atoms with Gasteiger partial charge in [-0.3, -0.25) is 0 Å². The summed E-state index contributed by atoms with van der Waals surface area (Å²) in [5.74, 6) is -0.482. The van der Waals surface area contributed by atoms with Crippen LogP contribution in [-0.2, 0) is 21.3 Å². The Kier molecular flexibility index (Phi) is 3.73. The maximum absolute atomic E-state index is 13.4. The quantitative estimate of drug-likeness (QED) is 0.938. The predicted molar refractivity (Wildman–Crippen MR) is 76.9 cm³/mol. The smallest absolute Gasteiger partial charge is 0.240 e. The number of benzene rings is 1. The fraction of sp³-hybridized carbons (Fsp3) is 0.429. The van der Waals surface area contributed by atoms with Gasteiger partial charge in [-0.15, -0.1) is 0 Å². The molecule has 2 N–H and O–H groups in total. The normalized spacial score (nSPS) is 19.4. The SMILES string of the molecule is NS(=O)(=O)c1cn(CCC2CCCO2)c2ccc(F)cc12. The van der Waals surface area contributed by atoms with Crippen LogP contribution in [-0.4, -0.2) is 25.7 Å². The Hall–Kier alpha value is -1.44. The van der Waals surface area contributed by atoms with E-state index in [-0.39, 0.29) is 11.0 Å². The van der Waals surface area contributed by atoms with Crippen LogP contribution >= 0.6 is 0 Å². The molecule has 1 fully saturated rings. The second-order valence-electron chi connectivity index (χ2n) is 5.32. The minimum atomic E-state index is -3.88. The van der Waals surface area contributed by atoms with E-state index < -0.39 is 15.8 Å². The van der Waals surface area contributed by atoms with Crippen molar-refractivity contribution in [3.05, 3.63) is 30.2 Å². The summed E-state index contributed by atoms with van der Waals surface area (Å²) < 4.78 is 44.0. The lowest BCUT2D eigenvalue weighted by molar-refractivity contribution is 0.101. The second-order valence-corrected chi connectivity index (χ2v) is 6.85. The summed E-state index contributed by atoms with van der Waals surface area (Å²) in [6, 6.07) is 4.10. The number of hydrogen-bond acceptors (Lipinski definition) is 3. The van der Waals surface area contributed by atoms with E-state index in [0.29, 0.717) is 17.4 Å². The molecule has 2 aromatic rings. The van der Waals surface area contributed by atoms with E-state index >= 15 is 0 Å². The minimum absolute atomic E-state index is 0.0376. The monoisotopic (exact) mass is 312 g/mol. The van der Waals surface area contributed by atoms with Crippen LogP contribution in [0.1, 0.15) is 19.3 Å². The minimum Gasteiger partial charge on any atom is -0.378 e. The van der Waals surface area contributed by atoms with Crippen molar-refractivity contribution in [2.45, 2.75) is 36.8 Å². The summed E-state index contributed by atoms with van der Waals surface area (Å²) in [7, 11) is -3.88. The molecule has 1 saturated heterocycles. The van der Waals surface area contributed by atoms with Crippen LogP contribution in [0, 0.1) is 5.82 Å². The number of hydrogen-bond donors (Lipinski definition) is 1. The highest BCUT2D eigenvalue weighted by Crippen LogP contribution is 2.26. The van der Waals surface area contributed by atoms with Crippen molar-refractivity contribution in [3.63, 3.8) is 0 Å². The lowest BCUT2D eigenvalue weighted by atomic mass is 10.2. The van der Waals surface area contributed by atoms with Gasteiger partial charge >= 0.3 is 0 Å². The highest BCUT2D eigenvalue weighted by molar-refractivity contribution is 7.89. The van der Waals surface area contributed by atoms with Crippen molar-refractivity contribution < 1.29 is 17.5 Å². The van der Waals surface area contributed by atoms with Gasteiger partial charge in [-0.1, -0.05) is 0 Å². The Balaban J connectivity index is 1.98. The summed E-state index contributed by atoms with van der Waals surface area (Å²) in [5.41, 5.74) is 0.665. The van der Waals surface area contributed by atoms with Crippen LogP contribution in [0.15, 0.2) is 29.3 Å². The number of halogens is 1. The number of aryl methyl sites for hydroxylation is 1. The number of nitrogens with two attached hydrogens (primary N) is 1. The Morgan fingerprint density at radius 2 is 2.24 bits per heavy atom. The average molecular weight is 312 g/mol. The van der Waals surface area contributed by atoms with Gasteiger partial charge in [0, 0.05) is 30.3 Å². The zero-order valence-corrected chi connectivity index (χ0v) is 12.3. The van der Waals surface area contributed by atoms with Gasteiger partial charge in [0.15, 0.2) is 0 Å². The van der Waals surface area contributed by atoms with Gasteiger partial charge in [0.25, 0.3) is 0 Å². The van der Waals surface area contributed by atoms with Gasteiger partial charge in [0.2, 0.25) is 10.0 Å². The molecule has 0 radical (unpaired) electrons. The van der Waals surface area contributed by atoms with Crippen molar-refractivity contribution in [3.8, 4) is 0 Å². The van der Waals surface area contributed by atoms with Gasteiger partial charge in [-0.2, -0.15) is 0 Å². The highest BCUT2D eigenvalue weighted by Gasteiger charge is 2.20. The molecule has 1 aromatic carbocycles. The van der Waals surface area contributed by atoms with Crippen LogP contribution in [0.4, 0.5) is 4.39 Å². The Morgan fingerprint density at radius 3 is 2.90 bits per heavy atom. The number of nitrogens with zero attached hydrogens (tertiary/aromatic N) is 1. The van der Waals surface area contributed by atoms with Gasteiger partial charge in [-0.25, -0.2) is 17.9 Å². The first-order chi connectivity index (χ1) is 9.95. The Morgan fingerprint density at radius 1 is 1.43 bits per heavy atom. The average Bonchev–Trinajstić information content (AvgIpc) is 3.02. The first-order valence-corrected chi connectivity index (χ1v) is 8.42. The van der Waals surface area contributed by atoms with E-state index in [4.69, 9.17) is 9.88 Å². The molecule has 2 heterocycles. The van der Waals surface area contributed by atoms with E-state index in [1.165, 1.54) is 18.3 Å². The van der Waals surface area contributed by atoms with E-state index in [2.05, 4.69) is 0 Å². The van der Waals surface area contributed by atoms with Crippen molar-refractivity contribution in [2.75, 3.05) is 6.61 Å². The molecule has 0 spiro atoms. The molecule has 1 atom stereocenters. The molecule has 5 nitrogen and oxygen atoms in total. The molecule has 0 saturated carbocycles. The maximum Gasteiger partial charge on any atom is 0.240 e. The zero-order valence-electron chi connectivity index (χ0n) is 11.5. The summed E-state index contributed by atoms with van der Waals surface area (Å²) >= 11 is 0. The van der Waals surface area contributed by atoms with E-state index in [1.54, 1.807) is 10.6 Å². The van der Waals surface area contributed by atoms with E-state index in [1.807, 2.05) is 0 Å². The molecule has 3 rings (SSSR count). The van der Waals surface area contributed by atoms with E-state index in [0.717, 1.165) is 25.9 Å². The van der Waals surface area contributed by atoms with Gasteiger partial charge < -0.3 is 9.30 Å². The number of fused-ring (bicyclic) bond motifs is 1. The predicted octanol–water partition coefficient (Wildman–Crippen LogP) is 2.00. The van der Waals surface area contributed by atoms with Gasteiger partial charge in [-0.05, 0) is 37.5 Å². The fourth-order valence-electron chi connectivity index (χ4n) is 2.80.